The van der Waals surface area contributed by atoms with Crippen LogP contribution in [-0.4, -0.2) is 24.9 Å². The first-order chi connectivity index (χ1) is 6.41. The molecule has 0 aliphatic carbocycles. The minimum atomic E-state index is 0.352. The first kappa shape index (κ1) is 12.9. The molecule has 80 valence electrons. The number of hydrogen-bond acceptors (Lipinski definition) is 2. The van der Waals surface area contributed by atoms with E-state index in [0.717, 1.165) is 19.6 Å². The highest BCUT2D eigenvalue weighted by atomic mass is 16.5. The van der Waals surface area contributed by atoms with E-state index < -0.39 is 0 Å². The largest absolute Gasteiger partial charge is 0.396 e. The predicted molar refractivity (Wildman–Crippen MR) is 55.9 cm³/mol. The molecular weight excluding hydrogens is 164 g/mol. The van der Waals surface area contributed by atoms with E-state index >= 15 is 0 Å². The number of aliphatic hydroxyl groups excluding tert-OH is 1. The molecule has 0 atom stereocenters. The molecular formula is C11H24O2. The SMILES string of the molecule is CCOCCCCCCCCCO. The van der Waals surface area contributed by atoms with Crippen molar-refractivity contribution in [1.29, 1.82) is 0 Å². The fourth-order valence-electron chi connectivity index (χ4n) is 1.34. The van der Waals surface area contributed by atoms with Crippen LogP contribution in [0.25, 0.3) is 0 Å². The molecule has 0 aromatic heterocycles. The van der Waals surface area contributed by atoms with E-state index in [2.05, 4.69) is 0 Å². The average Bonchev–Trinajstić information content (AvgIpc) is 2.16. The summed E-state index contributed by atoms with van der Waals surface area (Å²) in [6.07, 6.45) is 8.55. The summed E-state index contributed by atoms with van der Waals surface area (Å²) in [6.45, 7) is 4.16. The van der Waals surface area contributed by atoms with Crippen LogP contribution in [0.4, 0.5) is 0 Å². The zero-order chi connectivity index (χ0) is 9.78. The Bertz CT molecular complexity index is 74.2. The van der Waals surface area contributed by atoms with Crippen molar-refractivity contribution >= 4 is 0 Å². The van der Waals surface area contributed by atoms with Crippen LogP contribution >= 0.6 is 0 Å². The lowest BCUT2D eigenvalue weighted by Gasteiger charge is -2.01. The first-order valence-corrected chi connectivity index (χ1v) is 5.60. The van der Waals surface area contributed by atoms with Gasteiger partial charge in [0.25, 0.3) is 0 Å². The first-order valence-electron chi connectivity index (χ1n) is 5.60. The third-order valence-corrected chi connectivity index (χ3v) is 2.15. The predicted octanol–water partition coefficient (Wildman–Crippen LogP) is 2.75. The monoisotopic (exact) mass is 188 g/mol. The van der Waals surface area contributed by atoms with E-state index in [1.54, 1.807) is 0 Å². The van der Waals surface area contributed by atoms with Gasteiger partial charge in [-0.2, -0.15) is 0 Å². The Kier molecular flexibility index (Phi) is 11.8. The highest BCUT2D eigenvalue weighted by Gasteiger charge is 1.91. The molecule has 0 radical (unpaired) electrons. The van der Waals surface area contributed by atoms with Crippen molar-refractivity contribution < 1.29 is 9.84 Å². The van der Waals surface area contributed by atoms with Gasteiger partial charge in [-0.15, -0.1) is 0 Å². The molecule has 0 saturated heterocycles. The second kappa shape index (κ2) is 11.9. The van der Waals surface area contributed by atoms with Crippen molar-refractivity contribution in [2.24, 2.45) is 0 Å². The van der Waals surface area contributed by atoms with Crippen molar-refractivity contribution in [2.75, 3.05) is 19.8 Å². The summed E-state index contributed by atoms with van der Waals surface area (Å²) in [5.74, 6) is 0. The van der Waals surface area contributed by atoms with Crippen LogP contribution in [0.1, 0.15) is 51.9 Å². The molecule has 0 amide bonds. The van der Waals surface area contributed by atoms with Crippen LogP contribution in [0.5, 0.6) is 0 Å². The number of rotatable bonds is 10. The van der Waals surface area contributed by atoms with Gasteiger partial charge in [0.15, 0.2) is 0 Å². The van der Waals surface area contributed by atoms with Crippen LogP contribution in [0.3, 0.4) is 0 Å². The summed E-state index contributed by atoms with van der Waals surface area (Å²) < 4.78 is 5.25. The quantitative estimate of drug-likeness (QED) is 0.534. The molecule has 0 spiro atoms. The Morgan fingerprint density at radius 3 is 1.92 bits per heavy atom. The molecule has 0 aromatic rings. The smallest absolute Gasteiger partial charge is 0.0465 e. The van der Waals surface area contributed by atoms with Crippen LogP contribution in [0.2, 0.25) is 0 Å². The Labute approximate surface area is 82.3 Å². The summed E-state index contributed by atoms with van der Waals surface area (Å²) in [5, 5.41) is 8.55. The normalized spacial score (nSPS) is 10.6. The second-order valence-electron chi connectivity index (χ2n) is 3.40. The zero-order valence-electron chi connectivity index (χ0n) is 8.93. The van der Waals surface area contributed by atoms with Crippen molar-refractivity contribution in [3.05, 3.63) is 0 Å². The molecule has 0 unspecified atom stereocenters. The number of unbranched alkanes of at least 4 members (excludes halogenated alkanes) is 6. The van der Waals surface area contributed by atoms with Gasteiger partial charge in [-0.05, 0) is 19.8 Å². The standard InChI is InChI=1S/C11H24O2/c1-2-13-11-9-7-5-3-4-6-8-10-12/h12H,2-11H2,1H3. The molecule has 0 aliphatic heterocycles. The van der Waals surface area contributed by atoms with Gasteiger partial charge < -0.3 is 9.84 Å². The van der Waals surface area contributed by atoms with E-state index in [1.165, 1.54) is 38.5 Å². The van der Waals surface area contributed by atoms with E-state index in [4.69, 9.17) is 9.84 Å². The molecule has 0 heterocycles. The molecule has 13 heavy (non-hydrogen) atoms. The number of ether oxygens (including phenoxy) is 1. The summed E-state index contributed by atoms with van der Waals surface area (Å²) in [6, 6.07) is 0. The maximum atomic E-state index is 8.55. The summed E-state index contributed by atoms with van der Waals surface area (Å²) in [4.78, 5) is 0. The van der Waals surface area contributed by atoms with Gasteiger partial charge in [-0.1, -0.05) is 32.1 Å². The maximum absolute atomic E-state index is 8.55. The lowest BCUT2D eigenvalue weighted by Crippen LogP contribution is -1.93. The fourth-order valence-corrected chi connectivity index (χ4v) is 1.34. The third kappa shape index (κ3) is 11.9. The van der Waals surface area contributed by atoms with E-state index in [0.29, 0.717) is 6.61 Å². The van der Waals surface area contributed by atoms with Crippen LogP contribution in [0.15, 0.2) is 0 Å². The van der Waals surface area contributed by atoms with E-state index in [-0.39, 0.29) is 0 Å². The lowest BCUT2D eigenvalue weighted by atomic mass is 10.1. The summed E-state index contributed by atoms with van der Waals surface area (Å²) in [5.41, 5.74) is 0. The minimum absolute atomic E-state index is 0.352. The summed E-state index contributed by atoms with van der Waals surface area (Å²) in [7, 11) is 0. The van der Waals surface area contributed by atoms with Crippen molar-refractivity contribution in [2.45, 2.75) is 51.9 Å². The Morgan fingerprint density at radius 2 is 1.38 bits per heavy atom. The van der Waals surface area contributed by atoms with Crippen LogP contribution < -0.4 is 0 Å². The van der Waals surface area contributed by atoms with Gasteiger partial charge in [-0.25, -0.2) is 0 Å². The van der Waals surface area contributed by atoms with Gasteiger partial charge >= 0.3 is 0 Å². The molecule has 2 nitrogen and oxygen atoms in total. The summed E-state index contributed by atoms with van der Waals surface area (Å²) >= 11 is 0. The maximum Gasteiger partial charge on any atom is 0.0465 e. The molecule has 2 heteroatoms. The number of aliphatic hydroxyl groups is 1. The Hall–Kier alpha value is -0.0800. The topological polar surface area (TPSA) is 29.5 Å². The third-order valence-electron chi connectivity index (χ3n) is 2.15. The van der Waals surface area contributed by atoms with Gasteiger partial charge in [0.2, 0.25) is 0 Å². The van der Waals surface area contributed by atoms with Gasteiger partial charge in [0.1, 0.15) is 0 Å². The van der Waals surface area contributed by atoms with E-state index in [9.17, 15) is 0 Å². The highest BCUT2D eigenvalue weighted by molar-refractivity contribution is 4.45. The fraction of sp³-hybridized carbons (Fsp3) is 1.00. The van der Waals surface area contributed by atoms with Crippen LogP contribution in [-0.2, 0) is 4.74 Å². The zero-order valence-corrected chi connectivity index (χ0v) is 8.93. The Morgan fingerprint density at radius 1 is 0.846 bits per heavy atom. The molecule has 0 aromatic carbocycles. The minimum Gasteiger partial charge on any atom is -0.396 e. The number of hydrogen-bond donors (Lipinski definition) is 1. The van der Waals surface area contributed by atoms with Gasteiger partial charge in [0, 0.05) is 19.8 Å². The van der Waals surface area contributed by atoms with Crippen molar-refractivity contribution in [1.82, 2.24) is 0 Å². The Balaban J connectivity index is 2.76. The molecule has 0 bridgehead atoms. The molecule has 0 aliphatic rings. The van der Waals surface area contributed by atoms with E-state index in [1.807, 2.05) is 6.92 Å². The molecule has 1 N–H and O–H groups in total. The second-order valence-corrected chi connectivity index (χ2v) is 3.40. The van der Waals surface area contributed by atoms with Gasteiger partial charge in [0.05, 0.1) is 0 Å². The molecule has 0 fully saturated rings. The average molecular weight is 188 g/mol. The van der Waals surface area contributed by atoms with Crippen molar-refractivity contribution in [3.8, 4) is 0 Å². The van der Waals surface area contributed by atoms with Crippen molar-refractivity contribution in [3.63, 3.8) is 0 Å². The lowest BCUT2D eigenvalue weighted by molar-refractivity contribution is 0.143. The molecule has 0 rings (SSSR count). The highest BCUT2D eigenvalue weighted by Crippen LogP contribution is 2.06. The molecule has 0 saturated carbocycles. The van der Waals surface area contributed by atoms with Crippen LogP contribution in [0, 0.1) is 0 Å². The van der Waals surface area contributed by atoms with Gasteiger partial charge in [-0.3, -0.25) is 0 Å².